The zero-order chi connectivity index (χ0) is 22.2. The Morgan fingerprint density at radius 2 is 1.90 bits per heavy atom. The number of fused-ring (bicyclic) bond motifs is 1. The number of hydrogen-bond acceptors (Lipinski definition) is 6. The van der Waals surface area contributed by atoms with E-state index in [1.807, 2.05) is 19.9 Å². The lowest BCUT2D eigenvalue weighted by atomic mass is 10.1. The Morgan fingerprint density at radius 1 is 1.16 bits per heavy atom. The summed E-state index contributed by atoms with van der Waals surface area (Å²) in [5.74, 6) is 1.67. The third-order valence-electron chi connectivity index (χ3n) is 4.88. The number of carbonyl (C=O) groups is 1. The summed E-state index contributed by atoms with van der Waals surface area (Å²) >= 11 is 0. The molecule has 4 rings (SSSR count). The molecule has 0 aliphatic carbocycles. The summed E-state index contributed by atoms with van der Waals surface area (Å²) < 4.78 is 35.2. The summed E-state index contributed by atoms with van der Waals surface area (Å²) in [5.41, 5.74) is 2.23. The molecule has 1 atom stereocenters. The lowest BCUT2D eigenvalue weighted by molar-refractivity contribution is 0.102. The van der Waals surface area contributed by atoms with Crippen molar-refractivity contribution in [3.63, 3.8) is 0 Å². The van der Waals surface area contributed by atoms with Crippen molar-refractivity contribution >= 4 is 21.6 Å². The van der Waals surface area contributed by atoms with Gasteiger partial charge in [0.15, 0.2) is 9.84 Å². The van der Waals surface area contributed by atoms with E-state index < -0.39 is 9.84 Å². The normalized spacial score (nSPS) is 15.1. The number of rotatable bonds is 5. The Balaban J connectivity index is 1.63. The van der Waals surface area contributed by atoms with Gasteiger partial charge in [-0.15, -0.1) is 0 Å². The molecule has 0 spiro atoms. The first kappa shape index (κ1) is 20.9. The molecule has 3 aromatic rings. The van der Waals surface area contributed by atoms with Crippen LogP contribution in [0.25, 0.3) is 0 Å². The van der Waals surface area contributed by atoms with Gasteiger partial charge in [0.2, 0.25) is 0 Å². The van der Waals surface area contributed by atoms with Crippen molar-refractivity contribution in [3.8, 4) is 17.2 Å². The Hall–Kier alpha value is -3.39. The van der Waals surface area contributed by atoms with Crippen LogP contribution in [-0.2, 0) is 16.3 Å². The van der Waals surface area contributed by atoms with E-state index in [9.17, 15) is 13.2 Å². The van der Waals surface area contributed by atoms with E-state index >= 15 is 0 Å². The van der Waals surface area contributed by atoms with Crippen LogP contribution >= 0.6 is 0 Å². The molecule has 0 fully saturated rings. The fourth-order valence-corrected chi connectivity index (χ4v) is 3.94. The monoisotopic (exact) mass is 438 g/mol. The van der Waals surface area contributed by atoms with Crippen LogP contribution in [-0.4, -0.2) is 31.7 Å². The lowest BCUT2D eigenvalue weighted by Gasteiger charge is -2.13. The van der Waals surface area contributed by atoms with Crippen LogP contribution in [0.3, 0.4) is 0 Å². The first-order valence-corrected chi connectivity index (χ1v) is 11.6. The van der Waals surface area contributed by atoms with Gasteiger partial charge in [-0.3, -0.25) is 4.79 Å². The summed E-state index contributed by atoms with van der Waals surface area (Å²) in [6.45, 7) is 3.87. The second-order valence-electron chi connectivity index (χ2n) is 7.60. The quantitative estimate of drug-likeness (QED) is 0.643. The third kappa shape index (κ3) is 4.69. The number of carbonyl (C=O) groups excluding carboxylic acids is 1. The maximum Gasteiger partial charge on any atom is 0.257 e. The minimum Gasteiger partial charge on any atom is -0.490 e. The van der Waals surface area contributed by atoms with Crippen molar-refractivity contribution in [1.82, 2.24) is 4.98 Å². The molecule has 1 amide bonds. The molecule has 0 radical (unpaired) electrons. The van der Waals surface area contributed by atoms with Crippen molar-refractivity contribution in [1.29, 1.82) is 0 Å². The van der Waals surface area contributed by atoms with E-state index in [4.69, 9.17) is 9.47 Å². The summed E-state index contributed by atoms with van der Waals surface area (Å²) in [7, 11) is -3.29. The molecular weight excluding hydrogens is 416 g/mol. The van der Waals surface area contributed by atoms with Crippen molar-refractivity contribution in [3.05, 3.63) is 71.4 Å². The number of hydrogen-bond donors (Lipinski definition) is 1. The molecule has 1 aliphatic heterocycles. The van der Waals surface area contributed by atoms with Gasteiger partial charge in [0.25, 0.3) is 5.91 Å². The van der Waals surface area contributed by atoms with Gasteiger partial charge in [-0.25, -0.2) is 13.4 Å². The number of ether oxygens (including phenoxy) is 2. The smallest absolute Gasteiger partial charge is 0.257 e. The van der Waals surface area contributed by atoms with Crippen LogP contribution in [0.15, 0.2) is 59.6 Å². The fraction of sp³-hybridized carbons (Fsp3) is 0.217. The van der Waals surface area contributed by atoms with Gasteiger partial charge in [-0.2, -0.15) is 0 Å². The summed E-state index contributed by atoms with van der Waals surface area (Å²) in [4.78, 5) is 17.2. The van der Waals surface area contributed by atoms with Crippen LogP contribution in [0.4, 0.5) is 5.82 Å². The van der Waals surface area contributed by atoms with Gasteiger partial charge in [0, 0.05) is 30.0 Å². The Morgan fingerprint density at radius 3 is 2.55 bits per heavy atom. The SMILES string of the molecule is Cc1ccc(NC(=O)c2cc(Oc3ccc(S(C)(=O)=O)cc3)c3c(c2)OC(C)C3)nc1. The van der Waals surface area contributed by atoms with Crippen molar-refractivity contribution < 1.29 is 22.7 Å². The number of sulfone groups is 1. The Kier molecular flexibility index (Phi) is 5.41. The zero-order valence-electron chi connectivity index (χ0n) is 17.4. The number of nitrogens with one attached hydrogen (secondary N) is 1. The van der Waals surface area contributed by atoms with Gasteiger partial charge in [-0.05, 0) is 61.9 Å². The Bertz CT molecular complexity index is 1240. The zero-order valence-corrected chi connectivity index (χ0v) is 18.2. The first-order chi connectivity index (χ1) is 14.7. The molecule has 0 saturated heterocycles. The molecule has 0 bridgehead atoms. The minimum atomic E-state index is -3.29. The highest BCUT2D eigenvalue weighted by Gasteiger charge is 2.26. The highest BCUT2D eigenvalue weighted by molar-refractivity contribution is 7.90. The minimum absolute atomic E-state index is 0.0398. The van der Waals surface area contributed by atoms with Crippen molar-refractivity contribution in [2.24, 2.45) is 0 Å². The number of amides is 1. The number of benzene rings is 2. The van der Waals surface area contributed by atoms with Crippen molar-refractivity contribution in [2.45, 2.75) is 31.3 Å². The average molecular weight is 439 g/mol. The van der Waals surface area contributed by atoms with Gasteiger partial charge < -0.3 is 14.8 Å². The second-order valence-corrected chi connectivity index (χ2v) is 9.62. The number of anilines is 1. The highest BCUT2D eigenvalue weighted by atomic mass is 32.2. The summed E-state index contributed by atoms with van der Waals surface area (Å²) in [6.07, 6.45) is 3.44. The molecule has 1 aliphatic rings. The lowest BCUT2D eigenvalue weighted by Crippen LogP contribution is -2.13. The fourth-order valence-electron chi connectivity index (χ4n) is 3.31. The molecule has 31 heavy (non-hydrogen) atoms. The molecule has 160 valence electrons. The van der Waals surface area contributed by atoms with Crippen LogP contribution < -0.4 is 14.8 Å². The van der Waals surface area contributed by atoms with Gasteiger partial charge >= 0.3 is 0 Å². The standard InChI is InChI=1S/C23H22N2O5S/c1-14-4-9-22(24-13-14)25-23(26)16-11-20-19(10-15(2)29-20)21(12-16)30-17-5-7-18(8-6-17)31(3,27)28/h4-9,11-13,15H,10H2,1-3H3,(H,24,25,26). The van der Waals surface area contributed by atoms with E-state index in [1.54, 1.807) is 36.5 Å². The predicted molar refractivity (Wildman–Crippen MR) is 117 cm³/mol. The molecule has 1 aromatic heterocycles. The average Bonchev–Trinajstić information content (AvgIpc) is 3.10. The van der Waals surface area contributed by atoms with Crippen LogP contribution in [0.5, 0.6) is 17.2 Å². The number of pyridine rings is 1. The van der Waals surface area contributed by atoms with E-state index in [2.05, 4.69) is 10.3 Å². The summed E-state index contributed by atoms with van der Waals surface area (Å²) in [6, 6.07) is 13.1. The van der Waals surface area contributed by atoms with Crippen molar-refractivity contribution in [2.75, 3.05) is 11.6 Å². The molecule has 2 heterocycles. The maximum absolute atomic E-state index is 12.8. The van der Waals surface area contributed by atoms with E-state index in [1.165, 1.54) is 12.1 Å². The molecule has 1 unspecified atom stereocenters. The van der Waals surface area contributed by atoms with Crippen LogP contribution in [0.1, 0.15) is 28.4 Å². The highest BCUT2D eigenvalue weighted by Crippen LogP contribution is 2.39. The largest absolute Gasteiger partial charge is 0.490 e. The predicted octanol–water partition coefficient (Wildman–Crippen LogP) is 4.16. The van der Waals surface area contributed by atoms with Crippen LogP contribution in [0.2, 0.25) is 0 Å². The van der Waals surface area contributed by atoms with Gasteiger partial charge in [0.1, 0.15) is 29.2 Å². The van der Waals surface area contributed by atoms with Crippen LogP contribution in [0, 0.1) is 6.92 Å². The third-order valence-corrected chi connectivity index (χ3v) is 6.01. The van der Waals surface area contributed by atoms with Gasteiger partial charge in [0.05, 0.1) is 4.90 Å². The van der Waals surface area contributed by atoms with E-state index in [0.717, 1.165) is 17.4 Å². The maximum atomic E-state index is 12.8. The van der Waals surface area contributed by atoms with E-state index in [0.29, 0.717) is 35.1 Å². The molecule has 0 saturated carbocycles. The molecule has 2 aromatic carbocycles. The van der Waals surface area contributed by atoms with Gasteiger partial charge in [-0.1, -0.05) is 6.07 Å². The molecular formula is C23H22N2O5S. The molecule has 1 N–H and O–H groups in total. The van der Waals surface area contributed by atoms with E-state index in [-0.39, 0.29) is 16.9 Å². The first-order valence-electron chi connectivity index (χ1n) is 9.74. The second kappa shape index (κ2) is 8.03. The summed E-state index contributed by atoms with van der Waals surface area (Å²) in [5, 5.41) is 2.78. The number of aromatic nitrogens is 1. The number of nitrogens with zero attached hydrogens (tertiary/aromatic N) is 1. The molecule has 8 heteroatoms. The topological polar surface area (TPSA) is 94.6 Å². The molecule has 7 nitrogen and oxygen atoms in total. The Labute approximate surface area is 181 Å². The number of aryl methyl sites for hydroxylation is 1.